The van der Waals surface area contributed by atoms with E-state index in [1.807, 2.05) is 0 Å². The van der Waals surface area contributed by atoms with Gasteiger partial charge in [-0.15, -0.1) is 0 Å². The summed E-state index contributed by atoms with van der Waals surface area (Å²) in [4.78, 5) is 9.64. The van der Waals surface area contributed by atoms with E-state index in [1.54, 1.807) is 19.1 Å². The van der Waals surface area contributed by atoms with Gasteiger partial charge in [-0.2, -0.15) is 0 Å². The fourth-order valence-corrected chi connectivity index (χ4v) is 9.92. The predicted octanol–water partition coefficient (Wildman–Crippen LogP) is 2.07. The molecule has 134 valence electrons. The third kappa shape index (κ3) is 7.27. The molecular weight excluding hydrogens is 439 g/mol. The summed E-state index contributed by atoms with van der Waals surface area (Å²) in [7, 11) is 0. The van der Waals surface area contributed by atoms with Crippen LogP contribution < -0.4 is 15.8 Å². The summed E-state index contributed by atoms with van der Waals surface area (Å²) >= 11 is -1.98. The minimum atomic E-state index is -1.98. The molecule has 0 bridgehead atoms. The Balaban J connectivity index is 0.000000279. The van der Waals surface area contributed by atoms with Crippen molar-refractivity contribution in [2.45, 2.75) is 6.92 Å². The van der Waals surface area contributed by atoms with Gasteiger partial charge in [0.1, 0.15) is 0 Å². The van der Waals surface area contributed by atoms with Gasteiger partial charge >= 0.3 is 121 Å². The molecule has 0 heterocycles. The minimum absolute atomic E-state index is 0.972. The normalized spacial score (nSPS) is 10.4. The van der Waals surface area contributed by atoms with E-state index in [1.165, 1.54) is 16.8 Å². The van der Waals surface area contributed by atoms with E-state index < -0.39 is 25.7 Å². The topological polar surface area (TPSA) is 40.1 Å². The van der Waals surface area contributed by atoms with E-state index >= 15 is 0 Å². The average molecular weight is 461 g/mol. The van der Waals surface area contributed by atoms with E-state index in [9.17, 15) is 9.90 Å². The number of carbonyl (C=O) groups excluding carboxylic acids is 1. The van der Waals surface area contributed by atoms with Gasteiger partial charge in [0.25, 0.3) is 0 Å². The second-order valence-electron chi connectivity index (χ2n) is 5.68. The van der Waals surface area contributed by atoms with Crippen molar-refractivity contribution in [1.82, 2.24) is 0 Å². The molecular formula is C24H22O2Sn. The number of carbonyl (C=O) groups is 1. The maximum atomic E-state index is 9.64. The van der Waals surface area contributed by atoms with Crippen LogP contribution in [0, 0.1) is 0 Å². The van der Waals surface area contributed by atoms with Crippen LogP contribution in [0.5, 0.6) is 0 Å². The Bertz CT molecular complexity index is 763. The summed E-state index contributed by atoms with van der Waals surface area (Å²) in [5, 5.41) is 9.64. The monoisotopic (exact) mass is 462 g/mol. The molecule has 3 aromatic rings. The Morgan fingerprint density at radius 1 is 0.704 bits per heavy atom. The molecule has 0 saturated carbocycles. The Hall–Kier alpha value is -2.59. The molecule has 0 atom stereocenters. The molecule has 3 rings (SSSR count). The number of aliphatic carboxylic acids is 1. The number of carboxylic acids is 1. The molecule has 27 heavy (non-hydrogen) atoms. The molecule has 0 aliphatic rings. The number of allylic oxidation sites excluding steroid dienone is 3. The van der Waals surface area contributed by atoms with E-state index in [4.69, 9.17) is 0 Å². The van der Waals surface area contributed by atoms with Crippen LogP contribution in [0.1, 0.15) is 6.92 Å². The Morgan fingerprint density at radius 2 is 1.07 bits per heavy atom. The molecule has 0 unspecified atom stereocenters. The van der Waals surface area contributed by atoms with Crippen LogP contribution in [0.15, 0.2) is 115 Å². The third-order valence-corrected chi connectivity index (χ3v) is 11.5. The van der Waals surface area contributed by atoms with E-state index in [-0.39, 0.29) is 0 Å². The summed E-state index contributed by atoms with van der Waals surface area (Å²) < 4.78 is 4.59. The Kier molecular flexibility index (Phi) is 9.14. The number of benzene rings is 3. The number of rotatable bonds is 5. The molecule has 0 saturated heterocycles. The third-order valence-electron chi connectivity index (χ3n) is 3.72. The fourth-order valence-electron chi connectivity index (χ4n) is 2.56. The zero-order valence-electron chi connectivity index (χ0n) is 15.3. The van der Waals surface area contributed by atoms with Gasteiger partial charge in [0.05, 0.1) is 5.97 Å². The van der Waals surface area contributed by atoms with Crippen LogP contribution in [-0.4, -0.2) is 25.7 Å². The van der Waals surface area contributed by atoms with Crippen molar-refractivity contribution >= 4 is 36.5 Å². The van der Waals surface area contributed by atoms with Gasteiger partial charge in [0.2, 0.25) is 0 Å². The summed E-state index contributed by atoms with van der Waals surface area (Å²) in [5.41, 5.74) is 0. The average Bonchev–Trinajstić information content (AvgIpc) is 2.71. The van der Waals surface area contributed by atoms with Crippen LogP contribution in [0.2, 0.25) is 0 Å². The molecule has 0 aliphatic carbocycles. The SMILES string of the molecule is CC=CC=CC(=O)[O-].c1cc[c]([Sn+]([c]2ccccc2)[c]2ccccc2)cc1. The maximum absolute atomic E-state index is 9.64. The van der Waals surface area contributed by atoms with Gasteiger partial charge in [-0.25, -0.2) is 0 Å². The predicted molar refractivity (Wildman–Crippen MR) is 113 cm³/mol. The van der Waals surface area contributed by atoms with Crippen LogP contribution >= 0.6 is 0 Å². The molecule has 0 aliphatic heterocycles. The molecule has 0 aromatic heterocycles. The Morgan fingerprint density at radius 3 is 1.37 bits per heavy atom. The molecule has 0 N–H and O–H groups in total. The second-order valence-corrected chi connectivity index (χ2v) is 12.8. The fraction of sp³-hybridized carbons (Fsp3) is 0.0417. The van der Waals surface area contributed by atoms with Crippen molar-refractivity contribution in [2.75, 3.05) is 0 Å². The van der Waals surface area contributed by atoms with Gasteiger partial charge in [-0.3, -0.25) is 0 Å². The molecule has 0 spiro atoms. The summed E-state index contributed by atoms with van der Waals surface area (Å²) in [5.74, 6) is -1.16. The summed E-state index contributed by atoms with van der Waals surface area (Å²) in [6, 6.07) is 32.9. The van der Waals surface area contributed by atoms with Gasteiger partial charge in [0, 0.05) is 0 Å². The first kappa shape index (κ1) is 20.7. The molecule has 0 radical (unpaired) electrons. The molecule has 0 amide bonds. The number of hydrogen-bond donors (Lipinski definition) is 0. The van der Waals surface area contributed by atoms with Crippen molar-refractivity contribution in [3.63, 3.8) is 0 Å². The van der Waals surface area contributed by atoms with Gasteiger partial charge < -0.3 is 9.90 Å². The molecule has 2 nitrogen and oxygen atoms in total. The first-order chi connectivity index (χ1) is 13.2. The van der Waals surface area contributed by atoms with E-state index in [0.717, 1.165) is 6.08 Å². The van der Waals surface area contributed by atoms with E-state index in [2.05, 4.69) is 91.0 Å². The second kappa shape index (κ2) is 11.9. The summed E-state index contributed by atoms with van der Waals surface area (Å²) in [6.45, 7) is 1.81. The first-order valence-corrected chi connectivity index (χ1v) is 13.0. The van der Waals surface area contributed by atoms with Gasteiger partial charge in [-0.05, 0) is 13.0 Å². The van der Waals surface area contributed by atoms with Gasteiger partial charge in [-0.1, -0.05) is 18.2 Å². The number of carboxylic acid groups (broad SMARTS) is 1. The van der Waals surface area contributed by atoms with Crippen molar-refractivity contribution in [3.8, 4) is 0 Å². The first-order valence-electron chi connectivity index (χ1n) is 8.76. The van der Waals surface area contributed by atoms with E-state index in [0.29, 0.717) is 0 Å². The van der Waals surface area contributed by atoms with Crippen LogP contribution in [0.3, 0.4) is 0 Å². The number of hydrogen-bond acceptors (Lipinski definition) is 2. The quantitative estimate of drug-likeness (QED) is 0.332. The van der Waals surface area contributed by atoms with Crippen LogP contribution in [0.25, 0.3) is 0 Å². The standard InChI is InChI=1S/C6H8O2.3C6H5.Sn/c1-2-3-4-5-6(7)8;3*1-2-4-6-5-3-1;/h2-5H,1H3,(H,7,8);3*1-5H;/q;;;;+1/p-1. The Labute approximate surface area is 168 Å². The summed E-state index contributed by atoms with van der Waals surface area (Å²) in [6.07, 6.45) is 5.74. The van der Waals surface area contributed by atoms with Crippen molar-refractivity contribution in [3.05, 3.63) is 115 Å². The van der Waals surface area contributed by atoms with Crippen LogP contribution in [-0.2, 0) is 4.79 Å². The molecule has 0 fully saturated rings. The van der Waals surface area contributed by atoms with Crippen molar-refractivity contribution in [1.29, 1.82) is 0 Å². The van der Waals surface area contributed by atoms with Crippen molar-refractivity contribution < 1.29 is 9.90 Å². The van der Waals surface area contributed by atoms with Gasteiger partial charge in [0.15, 0.2) is 0 Å². The zero-order valence-corrected chi connectivity index (χ0v) is 18.1. The van der Waals surface area contributed by atoms with Crippen molar-refractivity contribution in [2.24, 2.45) is 0 Å². The molecule has 3 aromatic carbocycles. The molecule has 3 heteroatoms. The zero-order chi connectivity index (χ0) is 19.3. The van der Waals surface area contributed by atoms with Crippen LogP contribution in [0.4, 0.5) is 0 Å².